The van der Waals surface area contributed by atoms with Gasteiger partial charge in [0.25, 0.3) is 0 Å². The summed E-state index contributed by atoms with van der Waals surface area (Å²) in [4.78, 5) is 23.9. The Balaban J connectivity index is 3.26. The maximum absolute atomic E-state index is 11.8. The molecule has 106 valence electrons. The van der Waals surface area contributed by atoms with Gasteiger partial charge in [-0.2, -0.15) is 0 Å². The SMILES string of the molecule is CCOC(=O)c1sc(C(=O)OCC)c(OC)c1OC. The summed E-state index contributed by atoms with van der Waals surface area (Å²) < 4.78 is 20.1. The molecule has 0 spiro atoms. The third-order valence-electron chi connectivity index (χ3n) is 2.15. The molecular formula is C12H16O6S. The summed E-state index contributed by atoms with van der Waals surface area (Å²) in [5.41, 5.74) is 0. The number of carbonyl (C=O) groups is 2. The lowest BCUT2D eigenvalue weighted by molar-refractivity contribution is 0.0518. The minimum atomic E-state index is -0.557. The van der Waals surface area contributed by atoms with E-state index in [4.69, 9.17) is 18.9 Å². The average molecular weight is 288 g/mol. The molecule has 1 aromatic rings. The summed E-state index contributed by atoms with van der Waals surface area (Å²) in [5.74, 6) is -0.737. The van der Waals surface area contributed by atoms with E-state index in [1.807, 2.05) is 0 Å². The number of thiophene rings is 1. The maximum Gasteiger partial charge on any atom is 0.352 e. The van der Waals surface area contributed by atoms with Crippen molar-refractivity contribution in [2.45, 2.75) is 13.8 Å². The Kier molecular flexibility index (Phi) is 5.62. The summed E-state index contributed by atoms with van der Waals surface area (Å²) >= 11 is 0.932. The fourth-order valence-corrected chi connectivity index (χ4v) is 2.46. The molecule has 0 aliphatic carbocycles. The van der Waals surface area contributed by atoms with Gasteiger partial charge in [-0.15, -0.1) is 11.3 Å². The first-order chi connectivity index (χ1) is 9.10. The standard InChI is InChI=1S/C12H16O6S/c1-5-17-11(13)9-7(15-3)8(16-4)10(19-9)12(14)18-6-2/h5-6H2,1-4H3. The van der Waals surface area contributed by atoms with Gasteiger partial charge in [-0.3, -0.25) is 0 Å². The van der Waals surface area contributed by atoms with Gasteiger partial charge in [0.15, 0.2) is 21.3 Å². The van der Waals surface area contributed by atoms with E-state index < -0.39 is 11.9 Å². The van der Waals surface area contributed by atoms with Crippen LogP contribution in [-0.4, -0.2) is 39.4 Å². The maximum atomic E-state index is 11.8. The Morgan fingerprint density at radius 3 is 1.53 bits per heavy atom. The van der Waals surface area contributed by atoms with Crippen molar-refractivity contribution in [2.24, 2.45) is 0 Å². The first-order valence-electron chi connectivity index (χ1n) is 5.69. The van der Waals surface area contributed by atoms with Crippen molar-refractivity contribution >= 4 is 23.3 Å². The highest BCUT2D eigenvalue weighted by atomic mass is 32.1. The summed E-state index contributed by atoms with van der Waals surface area (Å²) in [5, 5.41) is 0. The van der Waals surface area contributed by atoms with Crippen LogP contribution in [0.1, 0.15) is 33.2 Å². The van der Waals surface area contributed by atoms with Gasteiger partial charge < -0.3 is 18.9 Å². The van der Waals surface area contributed by atoms with Gasteiger partial charge in [-0.05, 0) is 13.8 Å². The summed E-state index contributed by atoms with van der Waals surface area (Å²) in [6.07, 6.45) is 0. The lowest BCUT2D eigenvalue weighted by atomic mass is 10.3. The number of methoxy groups -OCH3 is 2. The number of hydrogen-bond donors (Lipinski definition) is 0. The zero-order chi connectivity index (χ0) is 14.4. The van der Waals surface area contributed by atoms with Crippen LogP contribution in [0.15, 0.2) is 0 Å². The zero-order valence-electron chi connectivity index (χ0n) is 11.3. The minimum absolute atomic E-state index is 0.184. The molecule has 0 aliphatic rings. The molecule has 0 amide bonds. The van der Waals surface area contributed by atoms with Gasteiger partial charge in [-0.1, -0.05) is 0 Å². The Morgan fingerprint density at radius 1 is 0.895 bits per heavy atom. The van der Waals surface area contributed by atoms with Gasteiger partial charge in [-0.25, -0.2) is 9.59 Å². The van der Waals surface area contributed by atoms with Gasteiger partial charge in [0.1, 0.15) is 0 Å². The van der Waals surface area contributed by atoms with Gasteiger partial charge in [0, 0.05) is 0 Å². The van der Waals surface area contributed by atoms with Crippen LogP contribution in [0.2, 0.25) is 0 Å². The molecule has 0 aliphatic heterocycles. The van der Waals surface area contributed by atoms with Crippen LogP contribution < -0.4 is 9.47 Å². The Morgan fingerprint density at radius 2 is 1.26 bits per heavy atom. The van der Waals surface area contributed by atoms with Crippen LogP contribution in [0.25, 0.3) is 0 Å². The topological polar surface area (TPSA) is 71.1 Å². The first-order valence-corrected chi connectivity index (χ1v) is 6.51. The molecular weight excluding hydrogens is 272 g/mol. The summed E-state index contributed by atoms with van der Waals surface area (Å²) in [7, 11) is 2.78. The van der Waals surface area contributed by atoms with Crippen molar-refractivity contribution in [3.8, 4) is 11.5 Å². The normalized spacial score (nSPS) is 9.89. The highest BCUT2D eigenvalue weighted by Gasteiger charge is 2.29. The second-order valence-electron chi connectivity index (χ2n) is 3.27. The van der Waals surface area contributed by atoms with Crippen molar-refractivity contribution in [2.75, 3.05) is 27.4 Å². The lowest BCUT2D eigenvalue weighted by Gasteiger charge is -2.05. The van der Waals surface area contributed by atoms with E-state index in [9.17, 15) is 9.59 Å². The molecule has 0 bridgehead atoms. The van der Waals surface area contributed by atoms with Crippen LogP contribution in [0.4, 0.5) is 0 Å². The van der Waals surface area contributed by atoms with E-state index in [0.29, 0.717) is 0 Å². The molecule has 1 rings (SSSR count). The zero-order valence-corrected chi connectivity index (χ0v) is 12.1. The average Bonchev–Trinajstić information content (AvgIpc) is 2.77. The highest BCUT2D eigenvalue weighted by molar-refractivity contribution is 7.16. The van der Waals surface area contributed by atoms with Crippen molar-refractivity contribution in [1.82, 2.24) is 0 Å². The number of ether oxygens (including phenoxy) is 4. The van der Waals surface area contributed by atoms with E-state index in [-0.39, 0.29) is 34.5 Å². The number of carbonyl (C=O) groups excluding carboxylic acids is 2. The molecule has 0 atom stereocenters. The molecule has 1 aromatic heterocycles. The van der Waals surface area contributed by atoms with Crippen molar-refractivity contribution < 1.29 is 28.5 Å². The Hall–Kier alpha value is -1.76. The molecule has 7 heteroatoms. The molecule has 0 radical (unpaired) electrons. The number of rotatable bonds is 6. The van der Waals surface area contributed by atoms with E-state index in [2.05, 4.69) is 0 Å². The van der Waals surface area contributed by atoms with Gasteiger partial charge in [0.05, 0.1) is 27.4 Å². The summed E-state index contributed by atoms with van der Waals surface area (Å²) in [6.45, 7) is 3.86. The molecule has 19 heavy (non-hydrogen) atoms. The van der Waals surface area contributed by atoms with Crippen molar-refractivity contribution in [3.63, 3.8) is 0 Å². The smallest absolute Gasteiger partial charge is 0.352 e. The largest absolute Gasteiger partial charge is 0.491 e. The van der Waals surface area contributed by atoms with Crippen LogP contribution >= 0.6 is 11.3 Å². The molecule has 0 fully saturated rings. The second-order valence-corrected chi connectivity index (χ2v) is 4.29. The van der Waals surface area contributed by atoms with Gasteiger partial charge >= 0.3 is 11.9 Å². The number of esters is 2. The minimum Gasteiger partial charge on any atom is -0.491 e. The van der Waals surface area contributed by atoms with Crippen LogP contribution in [0.3, 0.4) is 0 Å². The van der Waals surface area contributed by atoms with Gasteiger partial charge in [0.2, 0.25) is 0 Å². The van der Waals surface area contributed by atoms with E-state index in [1.54, 1.807) is 13.8 Å². The monoisotopic (exact) mass is 288 g/mol. The van der Waals surface area contributed by atoms with Crippen LogP contribution in [0, 0.1) is 0 Å². The predicted molar refractivity (Wildman–Crippen MR) is 69.3 cm³/mol. The summed E-state index contributed by atoms with van der Waals surface area (Å²) in [6, 6.07) is 0. The molecule has 0 saturated heterocycles. The highest BCUT2D eigenvalue weighted by Crippen LogP contribution is 2.42. The molecule has 0 aromatic carbocycles. The fourth-order valence-electron chi connectivity index (χ4n) is 1.43. The molecule has 6 nitrogen and oxygen atoms in total. The fraction of sp³-hybridized carbons (Fsp3) is 0.500. The predicted octanol–water partition coefficient (Wildman–Crippen LogP) is 2.12. The van der Waals surface area contributed by atoms with Crippen molar-refractivity contribution in [3.05, 3.63) is 9.75 Å². The Labute approximate surface area is 115 Å². The lowest BCUT2D eigenvalue weighted by Crippen LogP contribution is -2.04. The van der Waals surface area contributed by atoms with E-state index in [0.717, 1.165) is 11.3 Å². The molecule has 0 unspecified atom stereocenters. The Bertz CT molecular complexity index is 425. The number of hydrogen-bond acceptors (Lipinski definition) is 7. The molecule has 1 heterocycles. The third-order valence-corrected chi connectivity index (χ3v) is 3.27. The van der Waals surface area contributed by atoms with E-state index in [1.165, 1.54) is 14.2 Å². The van der Waals surface area contributed by atoms with Crippen LogP contribution in [0.5, 0.6) is 11.5 Å². The van der Waals surface area contributed by atoms with E-state index >= 15 is 0 Å². The first kappa shape index (κ1) is 15.3. The second kappa shape index (κ2) is 6.98. The van der Waals surface area contributed by atoms with Crippen molar-refractivity contribution in [1.29, 1.82) is 0 Å². The molecule has 0 saturated carbocycles. The molecule has 0 N–H and O–H groups in total. The third kappa shape index (κ3) is 3.17. The quantitative estimate of drug-likeness (QED) is 0.747. The van der Waals surface area contributed by atoms with Crippen LogP contribution in [-0.2, 0) is 9.47 Å².